The van der Waals surface area contributed by atoms with Gasteiger partial charge in [-0.2, -0.15) is 5.10 Å². The number of rotatable bonds is 2. The van der Waals surface area contributed by atoms with Crippen LogP contribution in [0.1, 0.15) is 36.3 Å². The van der Waals surface area contributed by atoms with E-state index in [2.05, 4.69) is 15.4 Å². The van der Waals surface area contributed by atoms with Gasteiger partial charge in [0.25, 0.3) is 0 Å². The maximum Gasteiger partial charge on any atom is 0.216 e. The summed E-state index contributed by atoms with van der Waals surface area (Å²) in [4.78, 5) is 16.0. The number of ketones is 1. The van der Waals surface area contributed by atoms with E-state index in [0.717, 1.165) is 25.8 Å². The molecule has 2 rings (SSSR count). The molecular weight excluding hydrogens is 192 g/mol. The largest absolute Gasteiger partial charge is 0.307 e. The normalized spacial score (nSPS) is 22.3. The van der Waals surface area contributed by atoms with Crippen molar-refractivity contribution in [2.24, 2.45) is 7.05 Å². The summed E-state index contributed by atoms with van der Waals surface area (Å²) in [7, 11) is 1.75. The quantitative estimate of drug-likeness (QED) is 0.720. The molecule has 82 valence electrons. The Hall–Kier alpha value is -1.23. The van der Waals surface area contributed by atoms with Crippen molar-refractivity contribution in [3.8, 4) is 0 Å². The number of nitrogens with one attached hydrogen (secondary N) is 1. The Morgan fingerprint density at radius 1 is 1.53 bits per heavy atom. The summed E-state index contributed by atoms with van der Waals surface area (Å²) in [5.41, 5.74) is 0. The number of carbonyl (C=O) groups is 1. The van der Waals surface area contributed by atoms with Crippen LogP contribution in [0.15, 0.2) is 6.33 Å². The maximum absolute atomic E-state index is 12.0. The molecule has 0 bridgehead atoms. The van der Waals surface area contributed by atoms with E-state index < -0.39 is 0 Å². The van der Waals surface area contributed by atoms with Gasteiger partial charge >= 0.3 is 0 Å². The Labute approximate surface area is 88.9 Å². The summed E-state index contributed by atoms with van der Waals surface area (Å²) in [6.07, 6.45) is 5.80. The minimum Gasteiger partial charge on any atom is -0.307 e. The van der Waals surface area contributed by atoms with Crippen LogP contribution in [0.2, 0.25) is 0 Å². The van der Waals surface area contributed by atoms with Crippen LogP contribution in [0, 0.1) is 0 Å². The van der Waals surface area contributed by atoms with Gasteiger partial charge in [0.05, 0.1) is 6.04 Å². The van der Waals surface area contributed by atoms with Crippen LogP contribution in [0.25, 0.3) is 0 Å². The van der Waals surface area contributed by atoms with Gasteiger partial charge in [-0.25, -0.2) is 9.67 Å². The van der Waals surface area contributed by atoms with E-state index in [1.54, 1.807) is 7.05 Å². The van der Waals surface area contributed by atoms with Crippen LogP contribution in [-0.2, 0) is 7.05 Å². The first-order valence-electron chi connectivity index (χ1n) is 5.40. The molecule has 0 aliphatic carbocycles. The molecule has 0 saturated carbocycles. The third kappa shape index (κ3) is 2.23. The van der Waals surface area contributed by atoms with E-state index in [4.69, 9.17) is 0 Å². The molecule has 1 unspecified atom stereocenters. The fraction of sp³-hybridized carbons (Fsp3) is 0.700. The highest BCUT2D eigenvalue weighted by Crippen LogP contribution is 2.11. The van der Waals surface area contributed by atoms with Crippen LogP contribution in [-0.4, -0.2) is 33.1 Å². The van der Waals surface area contributed by atoms with Gasteiger partial charge in [0, 0.05) is 7.05 Å². The maximum atomic E-state index is 12.0. The van der Waals surface area contributed by atoms with Crippen LogP contribution in [0.3, 0.4) is 0 Å². The molecule has 2 heterocycles. The first-order valence-corrected chi connectivity index (χ1v) is 5.40. The third-order valence-electron chi connectivity index (χ3n) is 2.81. The van der Waals surface area contributed by atoms with Crippen LogP contribution in [0.5, 0.6) is 0 Å². The highest BCUT2D eigenvalue weighted by molar-refractivity contribution is 5.97. The van der Waals surface area contributed by atoms with Crippen molar-refractivity contribution in [1.82, 2.24) is 20.1 Å². The average molecular weight is 208 g/mol. The van der Waals surface area contributed by atoms with Gasteiger partial charge in [-0.3, -0.25) is 4.79 Å². The minimum absolute atomic E-state index is 0.0666. The molecule has 0 aromatic carbocycles. The van der Waals surface area contributed by atoms with Crippen molar-refractivity contribution in [3.63, 3.8) is 0 Å². The summed E-state index contributed by atoms with van der Waals surface area (Å²) in [5, 5.41) is 7.18. The molecule has 15 heavy (non-hydrogen) atoms. The smallest absolute Gasteiger partial charge is 0.216 e. The van der Waals surface area contributed by atoms with Gasteiger partial charge < -0.3 is 5.32 Å². The van der Waals surface area contributed by atoms with Crippen LogP contribution < -0.4 is 5.32 Å². The molecule has 0 amide bonds. The first kappa shape index (κ1) is 10.3. The lowest BCUT2D eigenvalue weighted by atomic mass is 10.1. The predicted molar refractivity (Wildman–Crippen MR) is 55.6 cm³/mol. The minimum atomic E-state index is -0.0737. The zero-order valence-electron chi connectivity index (χ0n) is 8.94. The van der Waals surface area contributed by atoms with Gasteiger partial charge in [0.15, 0.2) is 5.82 Å². The number of carbonyl (C=O) groups excluding carboxylic acids is 1. The van der Waals surface area contributed by atoms with Crippen molar-refractivity contribution < 1.29 is 4.79 Å². The van der Waals surface area contributed by atoms with E-state index in [9.17, 15) is 4.79 Å². The summed E-state index contributed by atoms with van der Waals surface area (Å²) in [6.45, 7) is 0.925. The Bertz CT molecular complexity index is 339. The molecular formula is C10H16N4O. The first-order chi connectivity index (χ1) is 7.29. The van der Waals surface area contributed by atoms with Crippen molar-refractivity contribution >= 4 is 5.78 Å². The van der Waals surface area contributed by atoms with Crippen molar-refractivity contribution in [3.05, 3.63) is 12.2 Å². The predicted octanol–water partition coefficient (Wildman–Crippen LogP) is 0.530. The SMILES string of the molecule is Cn1ncnc1C(=O)C1CCCCCN1. The van der Waals surface area contributed by atoms with Gasteiger partial charge in [0.2, 0.25) is 5.78 Å². The fourth-order valence-corrected chi connectivity index (χ4v) is 1.93. The van der Waals surface area contributed by atoms with Crippen molar-refractivity contribution in [1.29, 1.82) is 0 Å². The van der Waals surface area contributed by atoms with Crippen molar-refractivity contribution in [2.45, 2.75) is 31.7 Å². The van der Waals surface area contributed by atoms with E-state index in [0.29, 0.717) is 5.82 Å². The monoisotopic (exact) mass is 208 g/mol. The average Bonchev–Trinajstić information content (AvgIpc) is 2.53. The molecule has 1 aromatic heterocycles. The lowest BCUT2D eigenvalue weighted by Crippen LogP contribution is -2.37. The number of nitrogens with zero attached hydrogens (tertiary/aromatic N) is 3. The molecule has 5 nitrogen and oxygen atoms in total. The number of aromatic nitrogens is 3. The Morgan fingerprint density at radius 2 is 2.40 bits per heavy atom. The van der Waals surface area contributed by atoms with E-state index >= 15 is 0 Å². The molecule has 1 saturated heterocycles. The zero-order chi connectivity index (χ0) is 10.7. The Balaban J connectivity index is 2.09. The van der Waals surface area contributed by atoms with Crippen molar-refractivity contribution in [2.75, 3.05) is 6.54 Å². The topological polar surface area (TPSA) is 59.8 Å². The standard InChI is InChI=1S/C10H16N4O/c1-14-10(12-7-13-14)9(15)8-5-3-2-4-6-11-8/h7-8,11H,2-6H2,1H3. The summed E-state index contributed by atoms with van der Waals surface area (Å²) in [5.74, 6) is 0.520. The summed E-state index contributed by atoms with van der Waals surface area (Å²) < 4.78 is 1.54. The summed E-state index contributed by atoms with van der Waals surface area (Å²) >= 11 is 0. The molecule has 1 aliphatic heterocycles. The van der Waals surface area contributed by atoms with Gasteiger partial charge in [-0.15, -0.1) is 0 Å². The second kappa shape index (κ2) is 4.53. The number of aryl methyl sites for hydroxylation is 1. The Morgan fingerprint density at radius 3 is 3.13 bits per heavy atom. The second-order valence-corrected chi connectivity index (χ2v) is 3.93. The lowest BCUT2D eigenvalue weighted by Gasteiger charge is -2.13. The molecule has 1 fully saturated rings. The van der Waals surface area contributed by atoms with Gasteiger partial charge in [-0.1, -0.05) is 12.8 Å². The summed E-state index contributed by atoms with van der Waals surface area (Å²) in [6, 6.07) is -0.0737. The van der Waals surface area contributed by atoms with E-state index in [1.807, 2.05) is 0 Å². The molecule has 0 radical (unpaired) electrons. The van der Waals surface area contributed by atoms with Gasteiger partial charge in [0.1, 0.15) is 6.33 Å². The molecule has 1 aliphatic rings. The zero-order valence-corrected chi connectivity index (χ0v) is 8.94. The van der Waals surface area contributed by atoms with E-state index in [1.165, 1.54) is 17.4 Å². The molecule has 1 N–H and O–H groups in total. The highest BCUT2D eigenvalue weighted by atomic mass is 16.1. The van der Waals surface area contributed by atoms with Gasteiger partial charge in [-0.05, 0) is 19.4 Å². The van der Waals surface area contributed by atoms with Crippen LogP contribution in [0.4, 0.5) is 0 Å². The molecule has 1 aromatic rings. The Kier molecular flexibility index (Phi) is 3.11. The molecule has 0 spiro atoms. The third-order valence-corrected chi connectivity index (χ3v) is 2.81. The van der Waals surface area contributed by atoms with Crippen LogP contribution >= 0.6 is 0 Å². The van der Waals surface area contributed by atoms with E-state index in [-0.39, 0.29) is 11.8 Å². The molecule has 5 heteroatoms. The number of hydrogen-bond donors (Lipinski definition) is 1. The molecule has 1 atom stereocenters. The number of Topliss-reactive ketones (excluding diaryl/α,β-unsaturated/α-hetero) is 1. The lowest BCUT2D eigenvalue weighted by molar-refractivity contribution is 0.0926. The fourth-order valence-electron chi connectivity index (χ4n) is 1.93. The number of hydrogen-bond acceptors (Lipinski definition) is 4. The second-order valence-electron chi connectivity index (χ2n) is 3.93. The highest BCUT2D eigenvalue weighted by Gasteiger charge is 2.23.